The van der Waals surface area contributed by atoms with E-state index in [1.54, 1.807) is 0 Å². The molecule has 1 aromatic heterocycles. The van der Waals surface area contributed by atoms with Gasteiger partial charge in [-0.3, -0.25) is 4.90 Å². The van der Waals surface area contributed by atoms with Gasteiger partial charge in [-0.05, 0) is 56.9 Å². The van der Waals surface area contributed by atoms with Crippen LogP contribution >= 0.6 is 11.3 Å². The van der Waals surface area contributed by atoms with Crippen LogP contribution in [0, 0.1) is 5.92 Å². The highest BCUT2D eigenvalue weighted by atomic mass is 32.1. The quantitative estimate of drug-likeness (QED) is 0.763. The zero-order valence-electron chi connectivity index (χ0n) is 11.7. The van der Waals surface area contributed by atoms with Gasteiger partial charge in [0.15, 0.2) is 0 Å². The van der Waals surface area contributed by atoms with Gasteiger partial charge in [0.05, 0.1) is 0 Å². The summed E-state index contributed by atoms with van der Waals surface area (Å²) in [5.74, 6) is 0.863. The number of rotatable bonds is 7. The Labute approximate surface area is 115 Å². The minimum Gasteiger partial charge on any atom is -0.316 e. The standard InChI is InChI=1S/C15H26N2S/c1-3-8-16-10-13-7-9-17(11-13)12-15-6-5-14(4-2)18-15/h5-6,13,16H,3-4,7-12H2,1-2H3. The fraction of sp³-hybridized carbons (Fsp3) is 0.733. The van der Waals surface area contributed by atoms with Crippen molar-refractivity contribution >= 4 is 11.3 Å². The molecule has 0 amide bonds. The molecular weight excluding hydrogens is 240 g/mol. The van der Waals surface area contributed by atoms with Crippen molar-refractivity contribution in [3.05, 3.63) is 21.9 Å². The Balaban J connectivity index is 1.72. The van der Waals surface area contributed by atoms with E-state index in [2.05, 4.69) is 36.2 Å². The lowest BCUT2D eigenvalue weighted by molar-refractivity contribution is 0.317. The highest BCUT2D eigenvalue weighted by molar-refractivity contribution is 7.11. The van der Waals surface area contributed by atoms with Gasteiger partial charge in [-0.15, -0.1) is 11.3 Å². The predicted octanol–water partition coefficient (Wildman–Crippen LogP) is 3.13. The molecule has 1 fully saturated rings. The predicted molar refractivity (Wildman–Crippen MR) is 80.2 cm³/mol. The third-order valence-corrected chi connectivity index (χ3v) is 4.89. The summed E-state index contributed by atoms with van der Waals surface area (Å²) in [5, 5.41) is 3.55. The van der Waals surface area contributed by atoms with E-state index in [0.29, 0.717) is 0 Å². The molecule has 2 nitrogen and oxygen atoms in total. The summed E-state index contributed by atoms with van der Waals surface area (Å²) >= 11 is 1.99. The Kier molecular flexibility index (Phi) is 5.67. The average Bonchev–Trinajstić information content (AvgIpc) is 3.00. The summed E-state index contributed by atoms with van der Waals surface area (Å²) < 4.78 is 0. The third-order valence-electron chi connectivity index (χ3n) is 3.67. The van der Waals surface area contributed by atoms with E-state index in [9.17, 15) is 0 Å². The molecule has 0 aromatic carbocycles. The van der Waals surface area contributed by atoms with Crippen LogP contribution in [-0.2, 0) is 13.0 Å². The maximum atomic E-state index is 3.55. The first-order valence-electron chi connectivity index (χ1n) is 7.32. The fourth-order valence-corrected chi connectivity index (χ4v) is 3.62. The normalized spacial score (nSPS) is 20.7. The Bertz CT molecular complexity index is 348. The second kappa shape index (κ2) is 7.27. The number of thiophene rings is 1. The fourth-order valence-electron chi connectivity index (χ4n) is 2.62. The summed E-state index contributed by atoms with van der Waals surface area (Å²) in [6, 6.07) is 4.60. The van der Waals surface area contributed by atoms with E-state index in [-0.39, 0.29) is 0 Å². The first-order valence-corrected chi connectivity index (χ1v) is 8.14. The van der Waals surface area contributed by atoms with Gasteiger partial charge in [-0.1, -0.05) is 13.8 Å². The highest BCUT2D eigenvalue weighted by Gasteiger charge is 2.22. The molecule has 102 valence electrons. The van der Waals surface area contributed by atoms with E-state index in [1.165, 1.54) is 55.2 Å². The van der Waals surface area contributed by atoms with E-state index < -0.39 is 0 Å². The third kappa shape index (κ3) is 4.08. The zero-order valence-corrected chi connectivity index (χ0v) is 12.6. The van der Waals surface area contributed by atoms with Crippen molar-refractivity contribution in [3.8, 4) is 0 Å². The number of aryl methyl sites for hydroxylation is 1. The summed E-state index contributed by atoms with van der Waals surface area (Å²) in [4.78, 5) is 5.67. The lowest BCUT2D eigenvalue weighted by Crippen LogP contribution is -2.26. The summed E-state index contributed by atoms with van der Waals surface area (Å²) in [5.41, 5.74) is 0. The Hall–Kier alpha value is -0.380. The van der Waals surface area contributed by atoms with Gasteiger partial charge < -0.3 is 5.32 Å². The lowest BCUT2D eigenvalue weighted by atomic mass is 10.1. The van der Waals surface area contributed by atoms with Gasteiger partial charge in [0.2, 0.25) is 0 Å². The first kappa shape index (κ1) is 14.0. The molecule has 1 atom stereocenters. The van der Waals surface area contributed by atoms with E-state index in [1.807, 2.05) is 11.3 Å². The van der Waals surface area contributed by atoms with Crippen LogP contribution in [0.2, 0.25) is 0 Å². The SMILES string of the molecule is CCCNCC1CCN(Cc2ccc(CC)s2)C1. The van der Waals surface area contributed by atoms with Crippen LogP contribution in [0.15, 0.2) is 12.1 Å². The van der Waals surface area contributed by atoms with Gasteiger partial charge in [0.25, 0.3) is 0 Å². The molecule has 2 heterocycles. The second-order valence-corrected chi connectivity index (χ2v) is 6.57. The van der Waals surface area contributed by atoms with Crippen molar-refractivity contribution in [2.75, 3.05) is 26.2 Å². The molecule has 18 heavy (non-hydrogen) atoms. The smallest absolute Gasteiger partial charge is 0.0328 e. The Morgan fingerprint density at radius 3 is 2.89 bits per heavy atom. The molecule has 1 aromatic rings. The van der Waals surface area contributed by atoms with Gasteiger partial charge in [0.1, 0.15) is 0 Å². The van der Waals surface area contributed by atoms with Crippen molar-refractivity contribution in [1.29, 1.82) is 0 Å². The molecule has 0 spiro atoms. The van der Waals surface area contributed by atoms with E-state index in [0.717, 1.165) is 12.5 Å². The molecule has 0 radical (unpaired) electrons. The Morgan fingerprint density at radius 2 is 2.17 bits per heavy atom. The summed E-state index contributed by atoms with van der Waals surface area (Å²) in [6.45, 7) is 10.6. The number of likely N-dealkylation sites (tertiary alicyclic amines) is 1. The van der Waals surface area contributed by atoms with E-state index in [4.69, 9.17) is 0 Å². The largest absolute Gasteiger partial charge is 0.316 e. The number of hydrogen-bond donors (Lipinski definition) is 1. The van der Waals surface area contributed by atoms with Gasteiger partial charge in [-0.25, -0.2) is 0 Å². The molecule has 1 aliphatic heterocycles. The van der Waals surface area contributed by atoms with Gasteiger partial charge in [-0.2, -0.15) is 0 Å². The van der Waals surface area contributed by atoms with Crippen molar-refractivity contribution in [3.63, 3.8) is 0 Å². The summed E-state index contributed by atoms with van der Waals surface area (Å²) in [7, 11) is 0. The minimum absolute atomic E-state index is 0.863. The average molecular weight is 266 g/mol. The van der Waals surface area contributed by atoms with Crippen molar-refractivity contribution in [2.24, 2.45) is 5.92 Å². The van der Waals surface area contributed by atoms with Crippen molar-refractivity contribution in [1.82, 2.24) is 10.2 Å². The van der Waals surface area contributed by atoms with Crippen LogP contribution in [-0.4, -0.2) is 31.1 Å². The highest BCUT2D eigenvalue weighted by Crippen LogP contribution is 2.22. The molecule has 1 unspecified atom stereocenters. The van der Waals surface area contributed by atoms with Crippen LogP contribution in [0.1, 0.15) is 36.4 Å². The minimum atomic E-state index is 0.863. The molecule has 0 saturated carbocycles. The van der Waals surface area contributed by atoms with Gasteiger partial charge >= 0.3 is 0 Å². The molecule has 1 aliphatic rings. The molecule has 1 saturated heterocycles. The molecular formula is C15H26N2S. The monoisotopic (exact) mass is 266 g/mol. The molecule has 3 heteroatoms. The number of nitrogens with one attached hydrogen (secondary N) is 1. The van der Waals surface area contributed by atoms with E-state index >= 15 is 0 Å². The number of hydrogen-bond acceptors (Lipinski definition) is 3. The Morgan fingerprint density at radius 1 is 1.33 bits per heavy atom. The molecule has 1 N–H and O–H groups in total. The second-order valence-electron chi connectivity index (χ2n) is 5.32. The summed E-state index contributed by atoms with van der Waals surface area (Å²) in [6.07, 6.45) is 3.78. The molecule has 0 bridgehead atoms. The van der Waals surface area contributed by atoms with Crippen LogP contribution in [0.3, 0.4) is 0 Å². The topological polar surface area (TPSA) is 15.3 Å². The maximum Gasteiger partial charge on any atom is 0.0328 e. The number of nitrogens with zero attached hydrogens (tertiary/aromatic N) is 1. The molecule has 0 aliphatic carbocycles. The van der Waals surface area contributed by atoms with Crippen LogP contribution in [0.5, 0.6) is 0 Å². The van der Waals surface area contributed by atoms with Crippen molar-refractivity contribution in [2.45, 2.75) is 39.7 Å². The van der Waals surface area contributed by atoms with Crippen LogP contribution in [0.25, 0.3) is 0 Å². The van der Waals surface area contributed by atoms with Crippen molar-refractivity contribution < 1.29 is 0 Å². The lowest BCUT2D eigenvalue weighted by Gasteiger charge is -2.15. The van der Waals surface area contributed by atoms with Crippen LogP contribution < -0.4 is 5.32 Å². The zero-order chi connectivity index (χ0) is 12.8. The molecule has 2 rings (SSSR count). The maximum absolute atomic E-state index is 3.55. The van der Waals surface area contributed by atoms with Crippen LogP contribution in [0.4, 0.5) is 0 Å². The first-order chi connectivity index (χ1) is 8.81. The van der Waals surface area contributed by atoms with Gasteiger partial charge in [0, 0.05) is 22.8 Å².